The first-order valence-electron chi connectivity index (χ1n) is 11.6. The van der Waals surface area contributed by atoms with Crippen molar-refractivity contribution in [2.45, 2.75) is 129 Å². The lowest BCUT2D eigenvalue weighted by Crippen LogP contribution is -2.21. The summed E-state index contributed by atoms with van der Waals surface area (Å²) in [4.78, 5) is 11.5. The Morgan fingerprint density at radius 3 is 1.44 bits per heavy atom. The molecule has 0 amide bonds. The first kappa shape index (κ1) is 26.6. The van der Waals surface area contributed by atoms with Crippen molar-refractivity contribution < 1.29 is 19.7 Å². The summed E-state index contributed by atoms with van der Waals surface area (Å²) in [7, 11) is 0. The first-order chi connectivity index (χ1) is 13.2. The number of hydrogen-bond donors (Lipinski definition) is 2. The van der Waals surface area contributed by atoms with E-state index in [-0.39, 0.29) is 12.4 Å². The smallest absolute Gasteiger partial charge is 0.178 e. The van der Waals surface area contributed by atoms with Crippen LogP contribution in [0, 0.1) is 0 Å². The molecule has 0 aromatic heterocycles. The second kappa shape index (κ2) is 21.8. The third-order valence-corrected chi connectivity index (χ3v) is 5.15. The zero-order valence-electron chi connectivity index (χ0n) is 17.9. The summed E-state index contributed by atoms with van der Waals surface area (Å²) in [6.07, 6.45) is 21.9. The van der Waals surface area contributed by atoms with E-state index in [0.717, 1.165) is 12.8 Å². The zero-order chi connectivity index (χ0) is 20.0. The van der Waals surface area contributed by atoms with Crippen molar-refractivity contribution in [3.8, 4) is 0 Å². The molecule has 4 heteroatoms. The van der Waals surface area contributed by atoms with Gasteiger partial charge in [-0.05, 0) is 6.42 Å². The molecule has 0 aliphatic carbocycles. The van der Waals surface area contributed by atoms with E-state index in [1.54, 1.807) is 0 Å². The van der Waals surface area contributed by atoms with Crippen LogP contribution in [0.4, 0.5) is 0 Å². The fourth-order valence-corrected chi connectivity index (χ4v) is 3.36. The molecule has 0 aromatic rings. The summed E-state index contributed by atoms with van der Waals surface area (Å²) in [5.41, 5.74) is 0. The van der Waals surface area contributed by atoms with E-state index in [1.807, 2.05) is 0 Å². The zero-order valence-corrected chi connectivity index (χ0v) is 17.9. The average Bonchev–Trinajstić information content (AvgIpc) is 2.68. The predicted octanol–water partition coefficient (Wildman–Crippen LogP) is 5.92. The number of unbranched alkanes of at least 4 members (excludes halogenated alkanes) is 16. The van der Waals surface area contributed by atoms with Crippen LogP contribution in [-0.2, 0) is 9.53 Å². The number of rotatable bonds is 22. The van der Waals surface area contributed by atoms with Gasteiger partial charge in [-0.25, -0.2) is 0 Å². The predicted molar refractivity (Wildman–Crippen MR) is 113 cm³/mol. The molecule has 0 radical (unpaired) electrons. The molecule has 4 nitrogen and oxygen atoms in total. The summed E-state index contributed by atoms with van der Waals surface area (Å²) in [6, 6.07) is 0. The van der Waals surface area contributed by atoms with E-state index in [1.165, 1.54) is 96.3 Å². The van der Waals surface area contributed by atoms with Crippen LogP contribution in [0.1, 0.15) is 122 Å². The van der Waals surface area contributed by atoms with Crippen molar-refractivity contribution in [1.29, 1.82) is 0 Å². The van der Waals surface area contributed by atoms with Gasteiger partial charge < -0.3 is 14.9 Å². The Balaban J connectivity index is 3.11. The SMILES string of the molecule is CCCCCCCCCCCCCCCCCCCC(=O)COC(O)CO. The minimum atomic E-state index is -1.23. The van der Waals surface area contributed by atoms with E-state index in [9.17, 15) is 4.79 Å². The maximum Gasteiger partial charge on any atom is 0.178 e. The van der Waals surface area contributed by atoms with E-state index in [4.69, 9.17) is 14.9 Å². The lowest BCUT2D eigenvalue weighted by Gasteiger charge is -2.07. The van der Waals surface area contributed by atoms with Crippen molar-refractivity contribution in [2.75, 3.05) is 13.2 Å². The summed E-state index contributed by atoms with van der Waals surface area (Å²) >= 11 is 0. The molecule has 162 valence electrons. The van der Waals surface area contributed by atoms with E-state index >= 15 is 0 Å². The number of aliphatic hydroxyl groups excluding tert-OH is 2. The van der Waals surface area contributed by atoms with Crippen LogP contribution in [0.5, 0.6) is 0 Å². The molecule has 0 aliphatic rings. The van der Waals surface area contributed by atoms with E-state index in [0.29, 0.717) is 6.42 Å². The highest BCUT2D eigenvalue weighted by molar-refractivity contribution is 5.79. The maximum absolute atomic E-state index is 11.5. The molecule has 0 fully saturated rings. The van der Waals surface area contributed by atoms with Crippen molar-refractivity contribution in [3.05, 3.63) is 0 Å². The van der Waals surface area contributed by atoms with Gasteiger partial charge in [0, 0.05) is 6.42 Å². The van der Waals surface area contributed by atoms with E-state index in [2.05, 4.69) is 6.92 Å². The quantitative estimate of drug-likeness (QED) is 0.179. The van der Waals surface area contributed by atoms with Crippen molar-refractivity contribution in [2.24, 2.45) is 0 Å². The van der Waals surface area contributed by atoms with Gasteiger partial charge in [0.1, 0.15) is 6.61 Å². The number of hydrogen-bond acceptors (Lipinski definition) is 4. The molecule has 0 saturated heterocycles. The summed E-state index contributed by atoms with van der Waals surface area (Å²) in [6.45, 7) is 1.71. The van der Waals surface area contributed by atoms with Crippen LogP contribution < -0.4 is 0 Å². The fraction of sp³-hybridized carbons (Fsp3) is 0.957. The Kier molecular flexibility index (Phi) is 21.5. The second-order valence-electron chi connectivity index (χ2n) is 7.89. The van der Waals surface area contributed by atoms with Crippen LogP contribution in [0.3, 0.4) is 0 Å². The van der Waals surface area contributed by atoms with Crippen LogP contribution >= 0.6 is 0 Å². The van der Waals surface area contributed by atoms with Gasteiger partial charge in [-0.15, -0.1) is 0 Å². The number of aliphatic hydroxyl groups is 2. The van der Waals surface area contributed by atoms with Gasteiger partial charge >= 0.3 is 0 Å². The van der Waals surface area contributed by atoms with Gasteiger partial charge in [0.2, 0.25) is 0 Å². The van der Waals surface area contributed by atoms with Crippen molar-refractivity contribution in [3.63, 3.8) is 0 Å². The third kappa shape index (κ3) is 21.7. The molecule has 0 saturated carbocycles. The molecule has 0 bridgehead atoms. The minimum Gasteiger partial charge on any atom is -0.391 e. The minimum absolute atomic E-state index is 0.00320. The molecule has 27 heavy (non-hydrogen) atoms. The largest absolute Gasteiger partial charge is 0.391 e. The highest BCUT2D eigenvalue weighted by Crippen LogP contribution is 2.14. The molecule has 0 heterocycles. The molecule has 0 spiro atoms. The first-order valence-corrected chi connectivity index (χ1v) is 11.6. The van der Waals surface area contributed by atoms with Gasteiger partial charge in [-0.3, -0.25) is 4.79 Å². The van der Waals surface area contributed by atoms with Gasteiger partial charge in [-0.2, -0.15) is 0 Å². The van der Waals surface area contributed by atoms with Gasteiger partial charge in [0.15, 0.2) is 12.1 Å². The molecule has 0 rings (SSSR count). The van der Waals surface area contributed by atoms with Gasteiger partial charge in [-0.1, -0.05) is 110 Å². The average molecular weight is 387 g/mol. The van der Waals surface area contributed by atoms with Crippen LogP contribution in [0.2, 0.25) is 0 Å². The Hall–Kier alpha value is -0.450. The monoisotopic (exact) mass is 386 g/mol. The number of ketones is 1. The summed E-state index contributed by atoms with van der Waals surface area (Å²) < 4.78 is 4.79. The Morgan fingerprint density at radius 2 is 1.07 bits per heavy atom. The Morgan fingerprint density at radius 1 is 0.704 bits per heavy atom. The molecule has 0 aliphatic heterocycles. The Labute approximate surface area is 168 Å². The number of carbonyl (C=O) groups is 1. The van der Waals surface area contributed by atoms with Crippen molar-refractivity contribution in [1.82, 2.24) is 0 Å². The molecule has 0 aromatic carbocycles. The lowest BCUT2D eigenvalue weighted by atomic mass is 10.0. The molecular weight excluding hydrogens is 340 g/mol. The third-order valence-electron chi connectivity index (χ3n) is 5.15. The standard InChI is InChI=1S/C23H46O4/c1-2-3-4-5-6-7-8-9-10-11-12-13-14-15-16-17-18-19-22(25)21-27-23(26)20-24/h23-24,26H,2-21H2,1H3. The molecule has 2 N–H and O–H groups in total. The van der Waals surface area contributed by atoms with E-state index < -0.39 is 12.9 Å². The normalized spacial score (nSPS) is 12.4. The number of carbonyl (C=O) groups excluding carboxylic acids is 1. The number of ether oxygens (including phenoxy) is 1. The van der Waals surface area contributed by atoms with Crippen LogP contribution in [0.15, 0.2) is 0 Å². The highest BCUT2D eigenvalue weighted by Gasteiger charge is 2.06. The highest BCUT2D eigenvalue weighted by atomic mass is 16.6. The fourth-order valence-electron chi connectivity index (χ4n) is 3.36. The van der Waals surface area contributed by atoms with Gasteiger partial charge in [0.05, 0.1) is 6.61 Å². The Bertz CT molecular complexity index is 307. The van der Waals surface area contributed by atoms with Crippen LogP contribution in [-0.4, -0.2) is 35.5 Å². The molecular formula is C23H46O4. The lowest BCUT2D eigenvalue weighted by molar-refractivity contribution is -0.147. The van der Waals surface area contributed by atoms with Crippen LogP contribution in [0.25, 0.3) is 0 Å². The summed E-state index contributed by atoms with van der Waals surface area (Å²) in [5, 5.41) is 17.6. The topological polar surface area (TPSA) is 66.8 Å². The molecule has 1 atom stereocenters. The maximum atomic E-state index is 11.5. The summed E-state index contributed by atoms with van der Waals surface area (Å²) in [5.74, 6) is 0.00320. The van der Waals surface area contributed by atoms with Gasteiger partial charge in [0.25, 0.3) is 0 Å². The molecule has 1 unspecified atom stereocenters. The van der Waals surface area contributed by atoms with Crippen molar-refractivity contribution >= 4 is 5.78 Å². The number of Topliss-reactive ketones (excluding diaryl/α,β-unsaturated/α-hetero) is 1. The second-order valence-corrected chi connectivity index (χ2v) is 7.89.